The lowest BCUT2D eigenvalue weighted by molar-refractivity contribution is -0.116. The van der Waals surface area contributed by atoms with Crippen LogP contribution in [0.5, 0.6) is 0 Å². The number of carbonyl (C=O) groups excluding carboxylic acids is 1. The van der Waals surface area contributed by atoms with Crippen LogP contribution in [0.2, 0.25) is 0 Å². The second-order valence-electron chi connectivity index (χ2n) is 6.84. The van der Waals surface area contributed by atoms with Crippen LogP contribution in [0.4, 0.5) is 5.13 Å². The van der Waals surface area contributed by atoms with Crippen molar-refractivity contribution in [3.8, 4) is 11.3 Å². The minimum Gasteiger partial charge on any atom is -0.408 e. The lowest BCUT2D eigenvalue weighted by Crippen LogP contribution is -2.24. The summed E-state index contributed by atoms with van der Waals surface area (Å²) in [7, 11) is 0. The minimum absolute atomic E-state index is 0.121. The Morgan fingerprint density at radius 2 is 2.04 bits per heavy atom. The third-order valence-corrected chi connectivity index (χ3v) is 5.78. The third kappa shape index (κ3) is 3.03. The summed E-state index contributed by atoms with van der Waals surface area (Å²) in [6, 6.07) is 13.5. The minimum atomic E-state index is -0.547. The van der Waals surface area contributed by atoms with Crippen molar-refractivity contribution in [3.63, 3.8) is 0 Å². The maximum absolute atomic E-state index is 12.4. The van der Waals surface area contributed by atoms with E-state index in [1.807, 2.05) is 5.38 Å². The van der Waals surface area contributed by atoms with E-state index in [2.05, 4.69) is 28.5 Å². The molecule has 1 aliphatic carbocycles. The van der Waals surface area contributed by atoms with Gasteiger partial charge in [-0.15, -0.1) is 11.3 Å². The molecule has 2 heterocycles. The average molecular weight is 391 g/mol. The Kier molecular flexibility index (Phi) is 4.09. The zero-order valence-corrected chi connectivity index (χ0v) is 15.8. The van der Waals surface area contributed by atoms with E-state index in [0.29, 0.717) is 16.2 Å². The van der Waals surface area contributed by atoms with Crippen molar-refractivity contribution in [1.29, 1.82) is 0 Å². The Morgan fingerprint density at radius 1 is 1.18 bits per heavy atom. The van der Waals surface area contributed by atoms with Crippen molar-refractivity contribution in [3.05, 3.63) is 69.5 Å². The van der Waals surface area contributed by atoms with Crippen LogP contribution in [0.1, 0.15) is 17.5 Å². The molecule has 5 rings (SSSR count). The van der Waals surface area contributed by atoms with Crippen LogP contribution in [0.25, 0.3) is 22.4 Å². The first kappa shape index (κ1) is 16.9. The highest BCUT2D eigenvalue weighted by Gasteiger charge is 2.15. The molecule has 0 fully saturated rings. The Labute approximate surface area is 164 Å². The smallest absolute Gasteiger partial charge is 0.408 e. The molecule has 0 unspecified atom stereocenters. The molecule has 0 atom stereocenters. The van der Waals surface area contributed by atoms with Crippen molar-refractivity contribution < 1.29 is 9.21 Å². The van der Waals surface area contributed by atoms with Gasteiger partial charge in [0.15, 0.2) is 10.7 Å². The number of rotatable bonds is 4. The van der Waals surface area contributed by atoms with E-state index in [-0.39, 0.29) is 12.5 Å². The van der Waals surface area contributed by atoms with Crippen LogP contribution in [0.15, 0.2) is 57.1 Å². The molecule has 2 aromatic carbocycles. The number of fused-ring (bicyclic) bond motifs is 2. The standard InChI is InChI=1S/C21H17N3O3S/c25-19(11-24-17-6-1-2-7-18(17)27-21(24)26)23-20-22-16(12-28-20)15-9-8-13-4-3-5-14(13)10-15/h1-2,6-10,12H,3-5,11H2,(H,22,23,25). The molecule has 0 saturated heterocycles. The molecule has 1 amide bonds. The fraction of sp³-hybridized carbons (Fsp3) is 0.190. The van der Waals surface area contributed by atoms with Gasteiger partial charge in [0.25, 0.3) is 0 Å². The van der Waals surface area contributed by atoms with Crippen LogP contribution in [-0.4, -0.2) is 15.5 Å². The molecule has 2 aromatic heterocycles. The number of thiazole rings is 1. The fourth-order valence-corrected chi connectivity index (χ4v) is 4.40. The summed E-state index contributed by atoms with van der Waals surface area (Å²) < 4.78 is 6.48. The van der Waals surface area contributed by atoms with Crippen LogP contribution in [0.3, 0.4) is 0 Å². The SMILES string of the molecule is O=C(Cn1c(=O)oc2ccccc21)Nc1nc(-c2ccc3c(c2)CCC3)cs1. The van der Waals surface area contributed by atoms with Crippen molar-refractivity contribution in [2.45, 2.75) is 25.8 Å². The summed E-state index contributed by atoms with van der Waals surface area (Å²) in [5.74, 6) is -0.863. The van der Waals surface area contributed by atoms with Crippen molar-refractivity contribution in [2.24, 2.45) is 0 Å². The van der Waals surface area contributed by atoms with Gasteiger partial charge in [-0.1, -0.05) is 24.3 Å². The van der Waals surface area contributed by atoms with Crippen molar-refractivity contribution in [2.75, 3.05) is 5.32 Å². The number of hydrogen-bond donors (Lipinski definition) is 1. The van der Waals surface area contributed by atoms with Crippen molar-refractivity contribution in [1.82, 2.24) is 9.55 Å². The first-order valence-electron chi connectivity index (χ1n) is 9.13. The van der Waals surface area contributed by atoms with Crippen molar-refractivity contribution >= 4 is 33.5 Å². The van der Waals surface area contributed by atoms with Gasteiger partial charge in [0.05, 0.1) is 11.2 Å². The lowest BCUT2D eigenvalue weighted by atomic mass is 10.1. The molecule has 1 aliphatic rings. The number of benzene rings is 2. The summed E-state index contributed by atoms with van der Waals surface area (Å²) in [6.07, 6.45) is 3.47. The Hall–Kier alpha value is -3.19. The molecule has 28 heavy (non-hydrogen) atoms. The zero-order chi connectivity index (χ0) is 19.1. The quantitative estimate of drug-likeness (QED) is 0.573. The van der Waals surface area contributed by atoms with Gasteiger partial charge in [-0.2, -0.15) is 0 Å². The van der Waals surface area contributed by atoms with Gasteiger partial charge in [-0.3, -0.25) is 9.36 Å². The van der Waals surface area contributed by atoms with E-state index in [4.69, 9.17) is 4.42 Å². The second kappa shape index (κ2) is 6.76. The van der Waals surface area contributed by atoms with Gasteiger partial charge in [-0.05, 0) is 48.6 Å². The molecule has 6 nitrogen and oxygen atoms in total. The van der Waals surface area contributed by atoms with Gasteiger partial charge in [0, 0.05) is 10.9 Å². The Bertz CT molecular complexity index is 1250. The first-order valence-corrected chi connectivity index (χ1v) is 10.0. The van der Waals surface area contributed by atoms with E-state index in [9.17, 15) is 9.59 Å². The molecule has 0 aliphatic heterocycles. The van der Waals surface area contributed by atoms with Gasteiger partial charge in [0.1, 0.15) is 6.54 Å². The summed E-state index contributed by atoms with van der Waals surface area (Å²) >= 11 is 1.37. The van der Waals surface area contributed by atoms with E-state index in [0.717, 1.165) is 24.1 Å². The van der Waals surface area contributed by atoms with E-state index in [1.165, 1.54) is 33.5 Å². The molecule has 1 N–H and O–H groups in total. The predicted molar refractivity (Wildman–Crippen MR) is 109 cm³/mol. The average Bonchev–Trinajstić information content (AvgIpc) is 3.41. The molecular weight excluding hydrogens is 374 g/mol. The monoisotopic (exact) mass is 391 g/mol. The highest BCUT2D eigenvalue weighted by Crippen LogP contribution is 2.30. The first-order chi connectivity index (χ1) is 13.7. The normalized spacial score (nSPS) is 13.0. The lowest BCUT2D eigenvalue weighted by Gasteiger charge is -2.03. The van der Waals surface area contributed by atoms with Crippen LogP contribution in [0, 0.1) is 0 Å². The van der Waals surface area contributed by atoms with Crippen LogP contribution < -0.4 is 11.1 Å². The number of aromatic nitrogens is 2. The Morgan fingerprint density at radius 3 is 2.96 bits per heavy atom. The number of amides is 1. The van der Waals surface area contributed by atoms with E-state index >= 15 is 0 Å². The summed E-state index contributed by atoms with van der Waals surface area (Å²) in [5.41, 5.74) is 5.79. The number of anilines is 1. The topological polar surface area (TPSA) is 77.1 Å². The third-order valence-electron chi connectivity index (χ3n) is 5.02. The van der Waals surface area contributed by atoms with E-state index < -0.39 is 5.76 Å². The van der Waals surface area contributed by atoms with Gasteiger partial charge < -0.3 is 9.73 Å². The predicted octanol–water partition coefficient (Wildman–Crippen LogP) is 3.85. The zero-order valence-electron chi connectivity index (χ0n) is 15.0. The molecule has 140 valence electrons. The van der Waals surface area contributed by atoms with E-state index in [1.54, 1.807) is 24.3 Å². The number of carbonyl (C=O) groups is 1. The molecule has 0 saturated carbocycles. The van der Waals surface area contributed by atoms with Gasteiger partial charge >= 0.3 is 5.76 Å². The molecule has 0 radical (unpaired) electrons. The summed E-state index contributed by atoms with van der Waals surface area (Å²) in [5, 5.41) is 5.23. The van der Waals surface area contributed by atoms with Crippen LogP contribution in [-0.2, 0) is 24.2 Å². The summed E-state index contributed by atoms with van der Waals surface area (Å²) in [6.45, 7) is -0.121. The Balaban J connectivity index is 1.33. The summed E-state index contributed by atoms with van der Waals surface area (Å²) in [4.78, 5) is 29.0. The number of nitrogens with one attached hydrogen (secondary N) is 1. The maximum Gasteiger partial charge on any atom is 0.420 e. The van der Waals surface area contributed by atoms with Gasteiger partial charge in [0.2, 0.25) is 5.91 Å². The largest absolute Gasteiger partial charge is 0.420 e. The highest BCUT2D eigenvalue weighted by atomic mass is 32.1. The van der Waals surface area contributed by atoms with Crippen LogP contribution >= 0.6 is 11.3 Å². The number of aryl methyl sites for hydroxylation is 2. The molecular formula is C21H17N3O3S. The number of hydrogen-bond acceptors (Lipinski definition) is 5. The molecule has 7 heteroatoms. The fourth-order valence-electron chi connectivity index (χ4n) is 3.66. The molecule has 0 spiro atoms. The molecule has 0 bridgehead atoms. The second-order valence-corrected chi connectivity index (χ2v) is 7.70. The number of nitrogens with zero attached hydrogens (tertiary/aromatic N) is 2. The number of oxazole rings is 1. The van der Waals surface area contributed by atoms with Gasteiger partial charge in [-0.25, -0.2) is 9.78 Å². The molecule has 4 aromatic rings. The maximum atomic E-state index is 12.4. The highest BCUT2D eigenvalue weighted by molar-refractivity contribution is 7.14. The number of para-hydroxylation sites is 2.